The number of benzene rings is 3. The number of fused-ring (bicyclic) bond motifs is 1. The summed E-state index contributed by atoms with van der Waals surface area (Å²) in [4.78, 5) is 24.3. The van der Waals surface area contributed by atoms with E-state index in [1.807, 2.05) is 63.4 Å². The zero-order chi connectivity index (χ0) is 41.7. The van der Waals surface area contributed by atoms with Gasteiger partial charge in [-0.1, -0.05) is 63.6 Å². The van der Waals surface area contributed by atoms with Crippen molar-refractivity contribution in [3.63, 3.8) is 0 Å². The van der Waals surface area contributed by atoms with E-state index in [0.717, 1.165) is 93.7 Å². The molecule has 0 radical (unpaired) electrons. The summed E-state index contributed by atoms with van der Waals surface area (Å²) in [5, 5.41) is 19.1. The van der Waals surface area contributed by atoms with Crippen molar-refractivity contribution in [2.75, 3.05) is 63.7 Å². The maximum absolute atomic E-state index is 14.0. The first-order valence-corrected chi connectivity index (χ1v) is 19.8. The predicted octanol–water partition coefficient (Wildman–Crippen LogP) is 9.60. The number of aliphatic hydroxyl groups is 1. The van der Waals surface area contributed by atoms with Crippen LogP contribution in [0.1, 0.15) is 68.1 Å². The number of halogens is 2. The van der Waals surface area contributed by atoms with Crippen molar-refractivity contribution in [1.82, 2.24) is 15.1 Å². The van der Waals surface area contributed by atoms with Crippen molar-refractivity contribution in [3.05, 3.63) is 118 Å². The molecule has 1 aromatic heterocycles. The number of carbonyl (C=O) groups is 1. The summed E-state index contributed by atoms with van der Waals surface area (Å²) in [6, 6.07) is 16.5. The first-order valence-electron chi connectivity index (χ1n) is 19.4. The molecule has 3 aromatic carbocycles. The van der Waals surface area contributed by atoms with E-state index in [0.29, 0.717) is 34.2 Å². The van der Waals surface area contributed by atoms with Gasteiger partial charge in [-0.15, -0.1) is 0 Å². The van der Waals surface area contributed by atoms with Crippen LogP contribution in [0.2, 0.25) is 5.02 Å². The predicted molar refractivity (Wildman–Crippen MR) is 238 cm³/mol. The van der Waals surface area contributed by atoms with Crippen molar-refractivity contribution in [2.24, 2.45) is 9.98 Å². The zero-order valence-corrected chi connectivity index (χ0v) is 35.0. The lowest BCUT2D eigenvalue weighted by molar-refractivity contribution is -0.0446. The van der Waals surface area contributed by atoms with Gasteiger partial charge in [0, 0.05) is 80.8 Å². The second-order valence-electron chi connectivity index (χ2n) is 13.4. The van der Waals surface area contributed by atoms with Gasteiger partial charge in [-0.05, 0) is 104 Å². The average Bonchev–Trinajstić information content (AvgIpc) is 3.67. The highest BCUT2D eigenvalue weighted by Gasteiger charge is 2.24. The number of H-pyrrole nitrogens is 1. The lowest BCUT2D eigenvalue weighted by Crippen LogP contribution is -2.44. The van der Waals surface area contributed by atoms with Crippen LogP contribution in [0.3, 0.4) is 0 Å². The Hall–Kier alpha value is -4.94. The Labute approximate surface area is 342 Å². The second kappa shape index (κ2) is 24.6. The van der Waals surface area contributed by atoms with Crippen molar-refractivity contribution >= 4 is 59.3 Å². The van der Waals surface area contributed by atoms with Gasteiger partial charge < -0.3 is 20.1 Å². The number of aliphatic imine (C=N–C) groups is 2. The highest BCUT2D eigenvalue weighted by Crippen LogP contribution is 2.31. The molecule has 1 saturated heterocycles. The Bertz CT molecular complexity index is 1990. The number of nitrogens with one attached hydrogen (secondary N) is 2. The van der Waals surface area contributed by atoms with Crippen molar-refractivity contribution < 1.29 is 19.0 Å². The maximum Gasteiger partial charge on any atom is 0.150 e. The van der Waals surface area contributed by atoms with Gasteiger partial charge >= 0.3 is 0 Å². The van der Waals surface area contributed by atoms with Crippen LogP contribution in [0.15, 0.2) is 100 Å². The van der Waals surface area contributed by atoms with Gasteiger partial charge in [0.05, 0.1) is 28.7 Å². The average molecular weight is 800 g/mol. The molecule has 1 fully saturated rings. The summed E-state index contributed by atoms with van der Waals surface area (Å²) in [6.45, 7) is 20.7. The third kappa shape index (κ3) is 13.6. The summed E-state index contributed by atoms with van der Waals surface area (Å²) in [6.07, 6.45) is 11.3. The Morgan fingerprint density at radius 3 is 2.54 bits per heavy atom. The molecule has 0 spiro atoms. The van der Waals surface area contributed by atoms with Crippen LogP contribution in [0.5, 0.6) is 0 Å². The largest absolute Gasteiger partial charge is 0.400 e. The molecule has 3 heterocycles. The smallest absolute Gasteiger partial charge is 0.150 e. The summed E-state index contributed by atoms with van der Waals surface area (Å²) in [5.74, 6) is 0.175. The molecular formula is C45H59ClFN7O3. The molecule has 3 N–H and O–H groups in total. The van der Waals surface area contributed by atoms with Gasteiger partial charge in [0.15, 0.2) is 0 Å². The Morgan fingerprint density at radius 1 is 1.18 bits per heavy atom. The van der Waals surface area contributed by atoms with Crippen LogP contribution in [0.4, 0.5) is 21.5 Å². The molecule has 306 valence electrons. The van der Waals surface area contributed by atoms with Crippen LogP contribution >= 0.6 is 11.6 Å². The number of nitrogens with zero attached hydrogens (tertiary/aromatic N) is 5. The summed E-state index contributed by atoms with van der Waals surface area (Å²) in [7, 11) is 2.93. The minimum atomic E-state index is -0.304. The number of anilines is 2. The number of aldehydes is 1. The minimum Gasteiger partial charge on any atom is -0.400 e. The molecule has 0 saturated carbocycles. The normalized spacial score (nSPS) is 15.2. The SMILES string of the molecule is C=N/C(=C\C=C/Cc1ccc(Cl)cc1F)C1=CCN(CCN(CC2CCO2)c2ccc(C=O)cc2N=C)CC1.CC.CNc1ccc2n[nH]c(C(C)C)c2c1.CO. The van der Waals surface area contributed by atoms with E-state index in [2.05, 4.69) is 74.7 Å². The van der Waals surface area contributed by atoms with Crippen molar-refractivity contribution in [1.29, 1.82) is 0 Å². The topological polar surface area (TPSA) is 118 Å². The third-order valence-electron chi connectivity index (χ3n) is 9.54. The summed E-state index contributed by atoms with van der Waals surface area (Å²) >= 11 is 5.83. The molecule has 0 amide bonds. The number of aromatic amines is 1. The standard InChI is InChI=1S/C31H34ClFN4O2.C11H15N3.C2H6.CH4O/c1-34-29(6-4-3-5-24-8-9-26(32)20-28(24)33)25-11-14-36(15-12-25)16-17-37(21-27-13-18-39-27)31-10-7-23(22-38)19-30(31)35-2;1-7(2)11-9-6-8(12-3)4-5-10(9)13-14-11;2*1-2/h3-4,6-11,19-20,22,27H,1-2,5,12-18,21H2;4-7,12H,1-3H3,(H,13,14);1-2H3;2H,1H3/b4-3-,29-6-;;;. The number of ether oxygens (including phenoxy) is 1. The lowest BCUT2D eigenvalue weighted by atomic mass is 10.0. The van der Waals surface area contributed by atoms with Crippen LogP contribution < -0.4 is 10.2 Å². The fraction of sp³-hybridized carbons (Fsp3) is 0.378. The highest BCUT2D eigenvalue weighted by atomic mass is 35.5. The number of rotatable bonds is 15. The molecule has 0 aliphatic carbocycles. The Balaban J connectivity index is 0.000000401. The minimum absolute atomic E-state index is 0.205. The Morgan fingerprint density at radius 2 is 1.95 bits per heavy atom. The fourth-order valence-electron chi connectivity index (χ4n) is 6.33. The summed E-state index contributed by atoms with van der Waals surface area (Å²) < 4.78 is 19.7. The molecule has 1 atom stereocenters. The molecule has 12 heteroatoms. The van der Waals surface area contributed by atoms with Gasteiger partial charge in [-0.3, -0.25) is 24.8 Å². The fourth-order valence-corrected chi connectivity index (χ4v) is 6.49. The molecule has 1 unspecified atom stereocenters. The van der Waals surface area contributed by atoms with E-state index in [1.165, 1.54) is 17.1 Å². The quantitative estimate of drug-likeness (QED) is 0.0623. The van der Waals surface area contributed by atoms with E-state index in [1.54, 1.807) is 18.2 Å². The van der Waals surface area contributed by atoms with Gasteiger partial charge in [0.2, 0.25) is 0 Å². The number of aromatic nitrogens is 2. The first-order chi connectivity index (χ1) is 27.7. The second-order valence-corrected chi connectivity index (χ2v) is 13.8. The van der Waals surface area contributed by atoms with E-state index >= 15 is 0 Å². The first kappa shape index (κ1) is 46.4. The molecule has 10 nitrogen and oxygen atoms in total. The number of allylic oxidation sites excluding steroid dienone is 4. The summed E-state index contributed by atoms with van der Waals surface area (Å²) in [5.41, 5.74) is 8.21. The monoisotopic (exact) mass is 799 g/mol. The molecule has 6 rings (SSSR count). The van der Waals surface area contributed by atoms with Crippen LogP contribution in [-0.2, 0) is 11.2 Å². The molecule has 0 bridgehead atoms. The van der Waals surface area contributed by atoms with E-state index in [-0.39, 0.29) is 11.9 Å². The molecule has 2 aliphatic heterocycles. The van der Waals surface area contributed by atoms with E-state index in [9.17, 15) is 9.18 Å². The molecule has 57 heavy (non-hydrogen) atoms. The molecule has 4 aromatic rings. The Kier molecular flexibility index (Phi) is 20.1. The van der Waals surface area contributed by atoms with Gasteiger partial charge in [0.1, 0.15) is 12.1 Å². The molecular weight excluding hydrogens is 741 g/mol. The zero-order valence-electron chi connectivity index (χ0n) is 34.3. The van der Waals surface area contributed by atoms with E-state index < -0.39 is 0 Å². The van der Waals surface area contributed by atoms with Crippen molar-refractivity contribution in [2.45, 2.75) is 59.0 Å². The van der Waals surface area contributed by atoms with Crippen LogP contribution in [-0.4, -0.2) is 99.5 Å². The maximum atomic E-state index is 14.0. The highest BCUT2D eigenvalue weighted by molar-refractivity contribution is 6.30. The third-order valence-corrected chi connectivity index (χ3v) is 9.77. The van der Waals surface area contributed by atoms with Gasteiger partial charge in [-0.25, -0.2) is 4.39 Å². The number of hydrogen-bond acceptors (Lipinski definition) is 9. The number of aliphatic hydroxyl groups excluding tert-OH is 1. The van der Waals surface area contributed by atoms with Crippen LogP contribution in [0, 0.1) is 5.82 Å². The number of hydrogen-bond donors (Lipinski definition) is 3. The van der Waals surface area contributed by atoms with Gasteiger partial charge in [0.25, 0.3) is 0 Å². The van der Waals surface area contributed by atoms with Crippen LogP contribution in [0.25, 0.3) is 10.9 Å². The lowest BCUT2D eigenvalue weighted by Gasteiger charge is -2.36. The number of carbonyl (C=O) groups excluding carboxylic acids is 1. The van der Waals surface area contributed by atoms with E-state index in [4.69, 9.17) is 21.4 Å². The molecule has 2 aliphatic rings. The van der Waals surface area contributed by atoms with Gasteiger partial charge in [-0.2, -0.15) is 5.10 Å². The van der Waals surface area contributed by atoms with Crippen molar-refractivity contribution in [3.8, 4) is 0 Å².